The fraction of sp³-hybridized carbons (Fsp3) is 0.200. The third kappa shape index (κ3) is 2.17. The first-order valence-corrected chi connectivity index (χ1v) is 6.26. The van der Waals surface area contributed by atoms with Gasteiger partial charge in [0.05, 0.1) is 30.2 Å². The van der Waals surface area contributed by atoms with Crippen molar-refractivity contribution in [3.8, 4) is 0 Å². The third-order valence-electron chi connectivity index (χ3n) is 3.36. The Hall–Kier alpha value is -2.36. The Balaban J connectivity index is 1.95. The highest BCUT2D eigenvalue weighted by atomic mass is 16.2. The zero-order valence-electron chi connectivity index (χ0n) is 10.8. The maximum Gasteiger partial charge on any atom is 0.246 e. The quantitative estimate of drug-likeness (QED) is 0.822. The van der Waals surface area contributed by atoms with Crippen molar-refractivity contribution in [2.45, 2.75) is 6.54 Å². The molecular weight excluding hydrogens is 238 g/mol. The molecule has 1 amide bonds. The summed E-state index contributed by atoms with van der Waals surface area (Å²) >= 11 is 0. The predicted octanol–water partition coefficient (Wildman–Crippen LogP) is 2.06. The number of hydrogen-bond acceptors (Lipinski definition) is 3. The predicted molar refractivity (Wildman–Crippen MR) is 75.1 cm³/mol. The SMILES string of the molecule is CN1C(=O)CN(Cc2ccccn2)c2ccccc21. The number of amides is 1. The molecule has 19 heavy (non-hydrogen) atoms. The van der Waals surface area contributed by atoms with Crippen LogP contribution in [0.5, 0.6) is 0 Å². The van der Waals surface area contributed by atoms with Crippen molar-refractivity contribution in [2.24, 2.45) is 0 Å². The normalized spacial score (nSPS) is 14.5. The Morgan fingerprint density at radius 2 is 1.84 bits per heavy atom. The minimum atomic E-state index is 0.106. The van der Waals surface area contributed by atoms with Gasteiger partial charge in [0.15, 0.2) is 0 Å². The molecule has 1 aromatic heterocycles. The summed E-state index contributed by atoms with van der Waals surface area (Å²) in [5.41, 5.74) is 3.00. The lowest BCUT2D eigenvalue weighted by Crippen LogP contribution is -2.43. The molecule has 1 aromatic carbocycles. The van der Waals surface area contributed by atoms with E-state index in [2.05, 4.69) is 9.88 Å². The molecule has 0 saturated carbocycles. The van der Waals surface area contributed by atoms with E-state index in [9.17, 15) is 4.79 Å². The molecule has 0 spiro atoms. The van der Waals surface area contributed by atoms with Crippen molar-refractivity contribution in [3.05, 3.63) is 54.4 Å². The molecule has 4 heteroatoms. The average molecular weight is 253 g/mol. The van der Waals surface area contributed by atoms with Crippen LogP contribution in [-0.4, -0.2) is 24.5 Å². The molecule has 2 aromatic rings. The molecule has 3 rings (SSSR count). The summed E-state index contributed by atoms with van der Waals surface area (Å²) in [6.07, 6.45) is 1.78. The summed E-state index contributed by atoms with van der Waals surface area (Å²) in [5.74, 6) is 0.106. The Morgan fingerprint density at radius 3 is 2.58 bits per heavy atom. The lowest BCUT2D eigenvalue weighted by molar-refractivity contribution is -0.117. The van der Waals surface area contributed by atoms with Crippen molar-refractivity contribution in [1.82, 2.24) is 4.98 Å². The zero-order valence-corrected chi connectivity index (χ0v) is 10.8. The number of carbonyl (C=O) groups is 1. The van der Waals surface area contributed by atoms with Gasteiger partial charge in [-0.3, -0.25) is 9.78 Å². The number of benzene rings is 1. The average Bonchev–Trinajstić information content (AvgIpc) is 2.46. The summed E-state index contributed by atoms with van der Waals surface area (Å²) in [5, 5.41) is 0. The van der Waals surface area contributed by atoms with Crippen molar-refractivity contribution < 1.29 is 4.79 Å². The van der Waals surface area contributed by atoms with Gasteiger partial charge in [-0.15, -0.1) is 0 Å². The van der Waals surface area contributed by atoms with Gasteiger partial charge in [0.25, 0.3) is 0 Å². The first kappa shape index (κ1) is 11.7. The molecule has 4 nitrogen and oxygen atoms in total. The fourth-order valence-corrected chi connectivity index (χ4v) is 2.33. The number of hydrogen-bond donors (Lipinski definition) is 0. The highest BCUT2D eigenvalue weighted by molar-refractivity contribution is 6.02. The van der Waals surface area contributed by atoms with Gasteiger partial charge in [-0.1, -0.05) is 18.2 Å². The topological polar surface area (TPSA) is 36.4 Å². The van der Waals surface area contributed by atoms with Gasteiger partial charge in [0, 0.05) is 13.2 Å². The van der Waals surface area contributed by atoms with E-state index in [-0.39, 0.29) is 5.91 Å². The summed E-state index contributed by atoms with van der Waals surface area (Å²) < 4.78 is 0. The Morgan fingerprint density at radius 1 is 1.11 bits per heavy atom. The summed E-state index contributed by atoms with van der Waals surface area (Å²) in [7, 11) is 1.82. The molecule has 0 unspecified atom stereocenters. The van der Waals surface area contributed by atoms with E-state index in [1.54, 1.807) is 11.1 Å². The number of carbonyl (C=O) groups excluding carboxylic acids is 1. The number of likely N-dealkylation sites (N-methyl/N-ethyl adjacent to an activating group) is 1. The first-order valence-electron chi connectivity index (χ1n) is 6.26. The minimum absolute atomic E-state index is 0.106. The van der Waals surface area contributed by atoms with E-state index in [1.807, 2.05) is 49.5 Å². The highest BCUT2D eigenvalue weighted by Gasteiger charge is 2.26. The Bertz CT molecular complexity index is 597. The van der Waals surface area contributed by atoms with Gasteiger partial charge < -0.3 is 9.80 Å². The largest absolute Gasteiger partial charge is 0.355 e. The summed E-state index contributed by atoms with van der Waals surface area (Å²) in [6.45, 7) is 1.04. The molecule has 1 aliphatic rings. The first-order chi connectivity index (χ1) is 9.25. The van der Waals surface area contributed by atoms with E-state index in [4.69, 9.17) is 0 Å². The van der Waals surface area contributed by atoms with Crippen LogP contribution in [0.25, 0.3) is 0 Å². The number of para-hydroxylation sites is 2. The van der Waals surface area contributed by atoms with Crippen LogP contribution in [0.3, 0.4) is 0 Å². The van der Waals surface area contributed by atoms with Gasteiger partial charge in [0.1, 0.15) is 0 Å². The Kier molecular flexibility index (Phi) is 2.91. The monoisotopic (exact) mass is 253 g/mol. The lowest BCUT2D eigenvalue weighted by Gasteiger charge is -2.35. The second-order valence-corrected chi connectivity index (χ2v) is 4.62. The number of aromatic nitrogens is 1. The van der Waals surface area contributed by atoms with E-state index in [1.165, 1.54) is 0 Å². The van der Waals surface area contributed by atoms with Gasteiger partial charge in [0.2, 0.25) is 5.91 Å². The number of anilines is 2. The second-order valence-electron chi connectivity index (χ2n) is 4.62. The standard InChI is InChI=1S/C15H15N3O/c1-17-13-7-2-3-8-14(13)18(11-15(17)19)10-12-6-4-5-9-16-12/h2-9H,10-11H2,1H3. The van der Waals surface area contributed by atoms with Gasteiger partial charge in [-0.2, -0.15) is 0 Å². The van der Waals surface area contributed by atoms with Gasteiger partial charge in [-0.25, -0.2) is 0 Å². The smallest absolute Gasteiger partial charge is 0.246 e. The van der Waals surface area contributed by atoms with Crippen LogP contribution in [0.15, 0.2) is 48.7 Å². The highest BCUT2D eigenvalue weighted by Crippen LogP contribution is 2.32. The minimum Gasteiger partial charge on any atom is -0.355 e. The maximum atomic E-state index is 12.0. The summed E-state index contributed by atoms with van der Waals surface area (Å²) in [4.78, 5) is 20.1. The van der Waals surface area contributed by atoms with Gasteiger partial charge >= 0.3 is 0 Å². The van der Waals surface area contributed by atoms with Crippen LogP contribution >= 0.6 is 0 Å². The van der Waals surface area contributed by atoms with E-state index in [0.29, 0.717) is 13.1 Å². The molecule has 0 N–H and O–H groups in total. The van der Waals surface area contributed by atoms with Crippen LogP contribution < -0.4 is 9.80 Å². The van der Waals surface area contributed by atoms with Crippen LogP contribution in [-0.2, 0) is 11.3 Å². The molecule has 1 aliphatic heterocycles. The zero-order chi connectivity index (χ0) is 13.2. The molecule has 0 aliphatic carbocycles. The van der Waals surface area contributed by atoms with Crippen LogP contribution in [0.2, 0.25) is 0 Å². The van der Waals surface area contributed by atoms with Crippen molar-refractivity contribution in [3.63, 3.8) is 0 Å². The van der Waals surface area contributed by atoms with E-state index < -0.39 is 0 Å². The molecule has 96 valence electrons. The Labute approximate surface area is 112 Å². The lowest BCUT2D eigenvalue weighted by atomic mass is 10.1. The molecule has 0 fully saturated rings. The molecular formula is C15H15N3O. The fourth-order valence-electron chi connectivity index (χ4n) is 2.33. The number of pyridine rings is 1. The van der Waals surface area contributed by atoms with E-state index in [0.717, 1.165) is 17.1 Å². The molecule has 0 radical (unpaired) electrons. The number of rotatable bonds is 2. The number of nitrogens with zero attached hydrogens (tertiary/aromatic N) is 3. The van der Waals surface area contributed by atoms with Gasteiger partial charge in [-0.05, 0) is 24.3 Å². The molecule has 0 bridgehead atoms. The van der Waals surface area contributed by atoms with E-state index >= 15 is 0 Å². The second kappa shape index (κ2) is 4.72. The number of fused-ring (bicyclic) bond motifs is 1. The molecule has 0 saturated heterocycles. The molecule has 0 atom stereocenters. The van der Waals surface area contributed by atoms with Crippen LogP contribution in [0, 0.1) is 0 Å². The van der Waals surface area contributed by atoms with Crippen molar-refractivity contribution in [2.75, 3.05) is 23.4 Å². The van der Waals surface area contributed by atoms with Crippen LogP contribution in [0.4, 0.5) is 11.4 Å². The van der Waals surface area contributed by atoms with Crippen molar-refractivity contribution >= 4 is 17.3 Å². The molecule has 2 heterocycles. The van der Waals surface area contributed by atoms with Crippen LogP contribution in [0.1, 0.15) is 5.69 Å². The maximum absolute atomic E-state index is 12.0. The summed E-state index contributed by atoms with van der Waals surface area (Å²) in [6, 6.07) is 13.8. The van der Waals surface area contributed by atoms with Crippen molar-refractivity contribution in [1.29, 1.82) is 0 Å². The third-order valence-corrected chi connectivity index (χ3v) is 3.36.